The number of halogens is 4. The lowest BCUT2D eigenvalue weighted by atomic mass is 10.0. The molecule has 0 spiro atoms. The summed E-state index contributed by atoms with van der Waals surface area (Å²) >= 11 is 6.08. The predicted molar refractivity (Wildman–Crippen MR) is 78.2 cm³/mol. The summed E-state index contributed by atoms with van der Waals surface area (Å²) in [7, 11) is 0. The van der Waals surface area contributed by atoms with E-state index in [1.54, 1.807) is 24.3 Å². The summed E-state index contributed by atoms with van der Waals surface area (Å²) in [6.07, 6.45) is 0. The lowest BCUT2D eigenvalue weighted by Gasteiger charge is -2.04. The second-order valence-electron chi connectivity index (χ2n) is 4.73. The maximum absolute atomic E-state index is 13.4. The van der Waals surface area contributed by atoms with Crippen LogP contribution >= 0.6 is 11.6 Å². The Balaban J connectivity index is 2.18. The van der Waals surface area contributed by atoms with Crippen LogP contribution in [-0.2, 0) is 6.61 Å². The Bertz CT molecular complexity index is 857. The van der Waals surface area contributed by atoms with Crippen molar-refractivity contribution in [2.24, 2.45) is 0 Å². The molecule has 0 radical (unpaired) electrons. The third-order valence-electron chi connectivity index (χ3n) is 3.32. The van der Waals surface area contributed by atoms with Crippen molar-refractivity contribution in [3.8, 4) is 22.6 Å². The lowest BCUT2D eigenvalue weighted by molar-refractivity contribution is 0.281. The van der Waals surface area contributed by atoms with Gasteiger partial charge in [-0.05, 0) is 24.3 Å². The largest absolute Gasteiger partial charge is 0.391 e. The fourth-order valence-corrected chi connectivity index (χ4v) is 2.45. The van der Waals surface area contributed by atoms with E-state index in [2.05, 4.69) is 5.16 Å². The summed E-state index contributed by atoms with van der Waals surface area (Å²) in [6, 6.07) is 8.26. The molecule has 0 aliphatic heterocycles. The fourth-order valence-electron chi connectivity index (χ4n) is 2.23. The first-order chi connectivity index (χ1) is 11.0. The summed E-state index contributed by atoms with van der Waals surface area (Å²) in [5, 5.41) is 13.7. The van der Waals surface area contributed by atoms with E-state index in [0.717, 1.165) is 12.1 Å². The molecule has 0 atom stereocenters. The van der Waals surface area contributed by atoms with Gasteiger partial charge in [0.2, 0.25) is 0 Å². The van der Waals surface area contributed by atoms with Gasteiger partial charge in [0.1, 0.15) is 5.69 Å². The molecule has 0 saturated heterocycles. The van der Waals surface area contributed by atoms with E-state index in [1.807, 2.05) is 0 Å². The van der Waals surface area contributed by atoms with Crippen LogP contribution in [0, 0.1) is 17.5 Å². The predicted octanol–water partition coefficient (Wildman–Crippen LogP) is 4.57. The van der Waals surface area contributed by atoms with Crippen LogP contribution in [-0.4, -0.2) is 10.3 Å². The van der Waals surface area contributed by atoms with E-state index in [0.29, 0.717) is 10.6 Å². The number of aromatic nitrogens is 1. The molecule has 0 unspecified atom stereocenters. The molecule has 0 aliphatic rings. The average Bonchev–Trinajstić information content (AvgIpc) is 2.96. The molecule has 0 amide bonds. The fraction of sp³-hybridized carbons (Fsp3) is 0.0625. The van der Waals surface area contributed by atoms with Gasteiger partial charge in [0, 0.05) is 11.1 Å². The number of hydrogen-bond donors (Lipinski definition) is 1. The molecule has 0 aliphatic carbocycles. The molecular formula is C16H9ClF3NO2. The van der Waals surface area contributed by atoms with Crippen LogP contribution in [0.1, 0.15) is 5.56 Å². The van der Waals surface area contributed by atoms with Crippen molar-refractivity contribution in [2.75, 3.05) is 0 Å². The molecule has 0 bridgehead atoms. The number of nitrogens with zero attached hydrogens (tertiary/aromatic N) is 1. The van der Waals surface area contributed by atoms with Gasteiger partial charge >= 0.3 is 0 Å². The van der Waals surface area contributed by atoms with Gasteiger partial charge in [0.15, 0.2) is 23.2 Å². The van der Waals surface area contributed by atoms with E-state index < -0.39 is 24.1 Å². The van der Waals surface area contributed by atoms with Gasteiger partial charge in [-0.1, -0.05) is 28.9 Å². The van der Waals surface area contributed by atoms with Gasteiger partial charge in [-0.25, -0.2) is 13.2 Å². The van der Waals surface area contributed by atoms with E-state index in [-0.39, 0.29) is 22.6 Å². The normalized spacial score (nSPS) is 11.0. The summed E-state index contributed by atoms with van der Waals surface area (Å²) < 4.78 is 45.1. The van der Waals surface area contributed by atoms with Crippen LogP contribution in [0.2, 0.25) is 5.02 Å². The first kappa shape index (κ1) is 15.6. The van der Waals surface area contributed by atoms with Crippen molar-refractivity contribution in [1.29, 1.82) is 0 Å². The summed E-state index contributed by atoms with van der Waals surface area (Å²) in [6.45, 7) is -0.500. The minimum absolute atomic E-state index is 0.0141. The van der Waals surface area contributed by atoms with Crippen molar-refractivity contribution >= 4 is 11.6 Å². The number of benzene rings is 2. The van der Waals surface area contributed by atoms with E-state index in [1.165, 1.54) is 0 Å². The van der Waals surface area contributed by atoms with Crippen molar-refractivity contribution in [2.45, 2.75) is 6.61 Å². The maximum atomic E-state index is 13.4. The smallest absolute Gasteiger partial charge is 0.194 e. The minimum atomic E-state index is -1.57. The molecule has 3 rings (SSSR count). The Kier molecular flexibility index (Phi) is 4.11. The van der Waals surface area contributed by atoms with E-state index in [4.69, 9.17) is 16.1 Å². The van der Waals surface area contributed by atoms with Gasteiger partial charge < -0.3 is 9.63 Å². The maximum Gasteiger partial charge on any atom is 0.194 e. The zero-order valence-electron chi connectivity index (χ0n) is 11.5. The summed E-state index contributed by atoms with van der Waals surface area (Å²) in [5.41, 5.74) is 0.635. The highest BCUT2D eigenvalue weighted by Gasteiger charge is 2.22. The summed E-state index contributed by atoms with van der Waals surface area (Å²) in [4.78, 5) is 0. The molecular weight excluding hydrogens is 331 g/mol. The first-order valence-corrected chi connectivity index (χ1v) is 6.90. The Labute approximate surface area is 133 Å². The monoisotopic (exact) mass is 339 g/mol. The first-order valence-electron chi connectivity index (χ1n) is 6.52. The van der Waals surface area contributed by atoms with Crippen molar-refractivity contribution in [3.63, 3.8) is 0 Å². The molecule has 3 aromatic rings. The third kappa shape index (κ3) is 2.71. The number of aliphatic hydroxyl groups excluding tert-OH is 1. The molecule has 3 nitrogen and oxygen atoms in total. The van der Waals surface area contributed by atoms with Crippen molar-refractivity contribution < 1.29 is 22.8 Å². The highest BCUT2D eigenvalue weighted by Crippen LogP contribution is 2.36. The lowest BCUT2D eigenvalue weighted by Crippen LogP contribution is -1.94. The molecule has 1 heterocycles. The Hall–Kier alpha value is -2.31. The Morgan fingerprint density at radius 2 is 1.74 bits per heavy atom. The van der Waals surface area contributed by atoms with Crippen LogP contribution in [0.25, 0.3) is 22.6 Å². The van der Waals surface area contributed by atoms with Crippen LogP contribution in [0.15, 0.2) is 40.9 Å². The minimum Gasteiger partial charge on any atom is -0.391 e. The second kappa shape index (κ2) is 6.06. The SMILES string of the molecule is OCc1c(-c2cc(F)c(F)c(F)c2)noc1-c1ccccc1Cl. The van der Waals surface area contributed by atoms with Crippen LogP contribution in [0.3, 0.4) is 0 Å². The third-order valence-corrected chi connectivity index (χ3v) is 3.65. The van der Waals surface area contributed by atoms with Gasteiger partial charge in [-0.15, -0.1) is 0 Å². The number of hydrogen-bond acceptors (Lipinski definition) is 3. The van der Waals surface area contributed by atoms with E-state index in [9.17, 15) is 18.3 Å². The number of rotatable bonds is 3. The quantitative estimate of drug-likeness (QED) is 0.711. The molecule has 0 saturated carbocycles. The highest BCUT2D eigenvalue weighted by molar-refractivity contribution is 6.33. The molecule has 1 N–H and O–H groups in total. The summed E-state index contributed by atoms with van der Waals surface area (Å²) in [5.74, 6) is -4.11. The average molecular weight is 340 g/mol. The standard InChI is InChI=1S/C16H9ClF3NO2/c17-11-4-2-1-3-9(11)16-10(7-22)15(21-23-16)8-5-12(18)14(20)13(19)6-8/h1-6,22H,7H2. The van der Waals surface area contributed by atoms with E-state index >= 15 is 0 Å². The molecule has 1 aromatic heterocycles. The second-order valence-corrected chi connectivity index (χ2v) is 5.14. The topological polar surface area (TPSA) is 46.3 Å². The molecule has 2 aromatic carbocycles. The van der Waals surface area contributed by atoms with Crippen molar-refractivity contribution in [1.82, 2.24) is 5.16 Å². The van der Waals surface area contributed by atoms with Gasteiger partial charge in [-0.3, -0.25) is 0 Å². The molecule has 23 heavy (non-hydrogen) atoms. The molecule has 118 valence electrons. The van der Waals surface area contributed by atoms with Crippen molar-refractivity contribution in [3.05, 3.63) is 64.4 Å². The Morgan fingerprint density at radius 1 is 1.09 bits per heavy atom. The van der Waals surface area contributed by atoms with Crippen LogP contribution in [0.4, 0.5) is 13.2 Å². The van der Waals surface area contributed by atoms with Gasteiger partial charge in [-0.2, -0.15) is 0 Å². The number of aliphatic hydroxyl groups is 1. The zero-order chi connectivity index (χ0) is 16.6. The molecule has 0 fully saturated rings. The van der Waals surface area contributed by atoms with Gasteiger partial charge in [0.25, 0.3) is 0 Å². The van der Waals surface area contributed by atoms with Crippen LogP contribution < -0.4 is 0 Å². The Morgan fingerprint density at radius 3 is 2.35 bits per heavy atom. The zero-order valence-corrected chi connectivity index (χ0v) is 12.2. The van der Waals surface area contributed by atoms with Crippen LogP contribution in [0.5, 0.6) is 0 Å². The molecule has 7 heteroatoms. The van der Waals surface area contributed by atoms with Gasteiger partial charge in [0.05, 0.1) is 17.2 Å². The highest BCUT2D eigenvalue weighted by atomic mass is 35.5.